The minimum absolute atomic E-state index is 0.0463. The molecule has 0 heterocycles. The summed E-state index contributed by atoms with van der Waals surface area (Å²) in [4.78, 5) is 18.9. The van der Waals surface area contributed by atoms with Crippen LogP contribution in [-0.4, -0.2) is 12.7 Å². The van der Waals surface area contributed by atoms with Gasteiger partial charge in [-0.2, -0.15) is 0 Å². The maximum atomic E-state index is 9.45. The fourth-order valence-electron chi connectivity index (χ4n) is 0.101. The van der Waals surface area contributed by atoms with Gasteiger partial charge in [-0.05, 0) is 0 Å². The second-order valence-electron chi connectivity index (χ2n) is 0.843. The molecule has 0 atom stereocenters. The Hall–Kier alpha value is -1.12. The summed E-state index contributed by atoms with van der Waals surface area (Å²) in [6.07, 6.45) is 1.75. The van der Waals surface area contributed by atoms with E-state index in [4.69, 9.17) is 0 Å². The summed E-state index contributed by atoms with van der Waals surface area (Å²) >= 11 is 0. The Labute approximate surface area is 41.0 Å². The lowest BCUT2D eigenvalue weighted by Crippen LogP contribution is -2.08. The van der Waals surface area contributed by atoms with Gasteiger partial charge in [0.05, 0.1) is 5.70 Å². The SMILES string of the molecule is C=C([C]=O)NC=O. The van der Waals surface area contributed by atoms with E-state index in [-0.39, 0.29) is 5.70 Å². The van der Waals surface area contributed by atoms with Crippen molar-refractivity contribution >= 4 is 12.7 Å². The van der Waals surface area contributed by atoms with Crippen LogP contribution in [0.1, 0.15) is 0 Å². The Balaban J connectivity index is 3.36. The average Bonchev–Trinajstić information content (AvgIpc) is 1.68. The van der Waals surface area contributed by atoms with E-state index in [2.05, 4.69) is 6.58 Å². The van der Waals surface area contributed by atoms with Crippen LogP contribution in [-0.2, 0) is 9.59 Å². The Morgan fingerprint density at radius 1 is 1.86 bits per heavy atom. The third-order valence-electron chi connectivity index (χ3n) is 0.356. The monoisotopic (exact) mass is 98.0 g/mol. The first kappa shape index (κ1) is 5.88. The average molecular weight is 98.1 g/mol. The lowest BCUT2D eigenvalue weighted by Gasteiger charge is -1.84. The third-order valence-corrected chi connectivity index (χ3v) is 0.356. The summed E-state index contributed by atoms with van der Waals surface area (Å²) < 4.78 is 0. The largest absolute Gasteiger partial charge is 0.326 e. The molecule has 0 bridgehead atoms. The molecule has 37 valence electrons. The van der Waals surface area contributed by atoms with Crippen LogP contribution in [0.5, 0.6) is 0 Å². The van der Waals surface area contributed by atoms with E-state index < -0.39 is 0 Å². The molecule has 0 aliphatic rings. The second-order valence-corrected chi connectivity index (χ2v) is 0.843. The van der Waals surface area contributed by atoms with E-state index >= 15 is 0 Å². The minimum Gasteiger partial charge on any atom is -0.326 e. The molecule has 0 aromatic rings. The number of carbonyl (C=O) groups excluding carboxylic acids is 2. The number of carbonyl (C=O) groups is 1. The predicted octanol–water partition coefficient (Wildman–Crippen LogP) is -0.644. The molecule has 1 amide bonds. The van der Waals surface area contributed by atoms with E-state index in [1.54, 1.807) is 0 Å². The number of rotatable bonds is 3. The third kappa shape index (κ3) is 2.69. The summed E-state index contributed by atoms with van der Waals surface area (Å²) in [5.74, 6) is 0. The van der Waals surface area contributed by atoms with E-state index in [0.29, 0.717) is 6.41 Å². The molecule has 0 fully saturated rings. The van der Waals surface area contributed by atoms with Gasteiger partial charge >= 0.3 is 0 Å². The molecular weight excluding hydrogens is 94.0 g/mol. The van der Waals surface area contributed by atoms with Crippen molar-refractivity contribution in [2.75, 3.05) is 0 Å². The fraction of sp³-hybridized carbons (Fsp3) is 0. The molecule has 0 aliphatic carbocycles. The topological polar surface area (TPSA) is 46.2 Å². The molecular formula is C4H4NO2. The zero-order valence-electron chi connectivity index (χ0n) is 3.60. The Bertz CT molecular complexity index is 97.9. The normalized spacial score (nSPS) is 6.86. The molecule has 1 N–H and O–H groups in total. The van der Waals surface area contributed by atoms with Gasteiger partial charge in [-0.1, -0.05) is 6.58 Å². The van der Waals surface area contributed by atoms with Crippen LogP contribution in [0.2, 0.25) is 0 Å². The fourth-order valence-corrected chi connectivity index (χ4v) is 0.101. The second kappa shape index (κ2) is 3.08. The van der Waals surface area contributed by atoms with Crippen molar-refractivity contribution in [3.05, 3.63) is 12.3 Å². The molecule has 0 saturated heterocycles. The molecule has 7 heavy (non-hydrogen) atoms. The summed E-state index contributed by atoms with van der Waals surface area (Å²) in [5, 5.41) is 2.00. The smallest absolute Gasteiger partial charge is 0.250 e. The highest BCUT2D eigenvalue weighted by molar-refractivity contribution is 5.76. The van der Waals surface area contributed by atoms with E-state index in [1.807, 2.05) is 5.32 Å². The number of allylic oxidation sites excluding steroid dienone is 1. The predicted molar refractivity (Wildman–Crippen MR) is 24.0 cm³/mol. The molecule has 0 aromatic carbocycles. The zero-order chi connectivity index (χ0) is 5.70. The first-order valence-corrected chi connectivity index (χ1v) is 1.58. The first-order chi connectivity index (χ1) is 3.31. The number of hydrogen-bond acceptors (Lipinski definition) is 2. The van der Waals surface area contributed by atoms with Crippen LogP contribution < -0.4 is 5.32 Å². The van der Waals surface area contributed by atoms with Gasteiger partial charge in [-0.15, -0.1) is 0 Å². The first-order valence-electron chi connectivity index (χ1n) is 1.58. The number of hydrogen-bond donors (Lipinski definition) is 1. The van der Waals surface area contributed by atoms with E-state index in [1.165, 1.54) is 6.29 Å². The zero-order valence-corrected chi connectivity index (χ0v) is 3.60. The van der Waals surface area contributed by atoms with E-state index in [0.717, 1.165) is 0 Å². The highest BCUT2D eigenvalue weighted by Crippen LogP contribution is 1.66. The Kier molecular flexibility index (Phi) is 2.59. The molecule has 0 rings (SSSR count). The van der Waals surface area contributed by atoms with Crippen molar-refractivity contribution in [1.29, 1.82) is 0 Å². The summed E-state index contributed by atoms with van der Waals surface area (Å²) in [7, 11) is 0. The van der Waals surface area contributed by atoms with E-state index in [9.17, 15) is 9.59 Å². The van der Waals surface area contributed by atoms with Gasteiger partial charge in [0.25, 0.3) is 6.29 Å². The lowest BCUT2D eigenvalue weighted by atomic mass is 10.6. The summed E-state index contributed by atoms with van der Waals surface area (Å²) in [5.41, 5.74) is -0.0463. The Morgan fingerprint density at radius 2 is 2.43 bits per heavy atom. The minimum atomic E-state index is -0.0463. The molecule has 0 unspecified atom stereocenters. The van der Waals surface area contributed by atoms with Gasteiger partial charge in [0, 0.05) is 0 Å². The Morgan fingerprint density at radius 3 is 2.57 bits per heavy atom. The van der Waals surface area contributed by atoms with Crippen molar-refractivity contribution in [3.8, 4) is 0 Å². The standard InChI is InChI=1S/C4H4NO2/c1-4(2-6)5-3-7/h3H,1H2,(H,5,7). The van der Waals surface area contributed by atoms with Crippen molar-refractivity contribution < 1.29 is 9.59 Å². The molecule has 1 radical (unpaired) electrons. The lowest BCUT2D eigenvalue weighted by molar-refractivity contribution is -0.108. The molecule has 0 saturated carbocycles. The van der Waals surface area contributed by atoms with Crippen LogP contribution >= 0.6 is 0 Å². The molecule has 3 heteroatoms. The van der Waals surface area contributed by atoms with Crippen molar-refractivity contribution in [2.24, 2.45) is 0 Å². The van der Waals surface area contributed by atoms with Crippen molar-refractivity contribution in [2.45, 2.75) is 0 Å². The van der Waals surface area contributed by atoms with Gasteiger partial charge in [0.1, 0.15) is 0 Å². The highest BCUT2D eigenvalue weighted by Gasteiger charge is 1.82. The van der Waals surface area contributed by atoms with Crippen molar-refractivity contribution in [1.82, 2.24) is 5.32 Å². The van der Waals surface area contributed by atoms with Gasteiger partial charge in [-0.25, -0.2) is 0 Å². The van der Waals surface area contributed by atoms with Crippen LogP contribution in [0.3, 0.4) is 0 Å². The molecule has 3 nitrogen and oxygen atoms in total. The maximum absolute atomic E-state index is 9.45. The quantitative estimate of drug-likeness (QED) is 0.377. The molecule has 0 aliphatic heterocycles. The van der Waals surface area contributed by atoms with Gasteiger partial charge in [-0.3, -0.25) is 9.59 Å². The number of amides is 1. The number of nitrogens with one attached hydrogen (secondary N) is 1. The molecule has 0 aromatic heterocycles. The van der Waals surface area contributed by atoms with Crippen LogP contribution in [0.15, 0.2) is 12.3 Å². The highest BCUT2D eigenvalue weighted by atomic mass is 16.1. The van der Waals surface area contributed by atoms with Crippen LogP contribution in [0.4, 0.5) is 0 Å². The maximum Gasteiger partial charge on any atom is 0.250 e. The van der Waals surface area contributed by atoms with Crippen LogP contribution in [0, 0.1) is 0 Å². The van der Waals surface area contributed by atoms with Gasteiger partial charge in [0.2, 0.25) is 6.41 Å². The summed E-state index contributed by atoms with van der Waals surface area (Å²) in [6, 6.07) is 0. The summed E-state index contributed by atoms with van der Waals surface area (Å²) in [6.45, 7) is 3.10. The van der Waals surface area contributed by atoms with Crippen LogP contribution in [0.25, 0.3) is 0 Å². The van der Waals surface area contributed by atoms with Gasteiger partial charge < -0.3 is 5.32 Å². The molecule has 0 spiro atoms. The van der Waals surface area contributed by atoms with Crippen molar-refractivity contribution in [3.63, 3.8) is 0 Å². The van der Waals surface area contributed by atoms with Gasteiger partial charge in [0.15, 0.2) is 0 Å².